The van der Waals surface area contributed by atoms with Gasteiger partial charge in [0, 0.05) is 38.9 Å². The second kappa shape index (κ2) is 4.57. The van der Waals surface area contributed by atoms with Crippen LogP contribution in [0.1, 0.15) is 12.1 Å². The van der Waals surface area contributed by atoms with E-state index in [1.807, 2.05) is 17.9 Å². The van der Waals surface area contributed by atoms with Crippen LogP contribution in [0.25, 0.3) is 0 Å². The van der Waals surface area contributed by atoms with Gasteiger partial charge in [0.1, 0.15) is 0 Å². The van der Waals surface area contributed by atoms with Gasteiger partial charge >= 0.3 is 0 Å². The molecule has 1 unspecified atom stereocenters. The van der Waals surface area contributed by atoms with Gasteiger partial charge in [-0.25, -0.2) is 0 Å². The van der Waals surface area contributed by atoms with E-state index in [-0.39, 0.29) is 0 Å². The number of ether oxygens (including phenoxy) is 1. The van der Waals surface area contributed by atoms with Gasteiger partial charge < -0.3 is 10.1 Å². The number of aryl methyl sites for hydroxylation is 1. The summed E-state index contributed by atoms with van der Waals surface area (Å²) in [6.45, 7) is 2.76. The molecule has 4 nitrogen and oxygen atoms in total. The normalized spacial score (nSPS) is 21.6. The molecular weight excluding hydrogens is 178 g/mol. The highest BCUT2D eigenvalue weighted by Crippen LogP contribution is 2.03. The zero-order valence-electron chi connectivity index (χ0n) is 8.57. The van der Waals surface area contributed by atoms with Crippen molar-refractivity contribution in [3.63, 3.8) is 0 Å². The van der Waals surface area contributed by atoms with Crippen molar-refractivity contribution in [2.45, 2.75) is 18.9 Å². The van der Waals surface area contributed by atoms with Gasteiger partial charge in [0.2, 0.25) is 0 Å². The first-order valence-electron chi connectivity index (χ1n) is 5.14. The number of hydrogen-bond acceptors (Lipinski definition) is 3. The monoisotopic (exact) mass is 195 g/mol. The quantitative estimate of drug-likeness (QED) is 0.753. The molecule has 1 aliphatic rings. The molecule has 0 aromatic carbocycles. The van der Waals surface area contributed by atoms with Crippen molar-refractivity contribution in [3.8, 4) is 0 Å². The van der Waals surface area contributed by atoms with Gasteiger partial charge in [-0.2, -0.15) is 5.10 Å². The molecule has 0 bridgehead atoms. The molecule has 2 rings (SSSR count). The Morgan fingerprint density at radius 3 is 3.29 bits per heavy atom. The van der Waals surface area contributed by atoms with Crippen LogP contribution in [-0.2, 0) is 18.2 Å². The summed E-state index contributed by atoms with van der Waals surface area (Å²) in [5.74, 6) is 0. The summed E-state index contributed by atoms with van der Waals surface area (Å²) in [6.07, 6.45) is 4.12. The van der Waals surface area contributed by atoms with Crippen molar-refractivity contribution in [3.05, 3.63) is 18.0 Å². The molecule has 0 amide bonds. The topological polar surface area (TPSA) is 39.1 Å². The Kier molecular flexibility index (Phi) is 3.16. The van der Waals surface area contributed by atoms with E-state index in [0.717, 1.165) is 38.3 Å². The Labute approximate surface area is 84.3 Å². The van der Waals surface area contributed by atoms with E-state index in [1.54, 1.807) is 0 Å². The predicted molar refractivity (Wildman–Crippen MR) is 54.1 cm³/mol. The first-order valence-corrected chi connectivity index (χ1v) is 5.14. The smallest absolute Gasteiger partial charge is 0.0637 e. The highest BCUT2D eigenvalue weighted by molar-refractivity contribution is 4.99. The number of aromatic nitrogens is 2. The minimum absolute atomic E-state index is 0.554. The van der Waals surface area contributed by atoms with Crippen LogP contribution in [0.15, 0.2) is 12.3 Å². The lowest BCUT2D eigenvalue weighted by Gasteiger charge is -2.08. The van der Waals surface area contributed by atoms with Gasteiger partial charge in [0.15, 0.2) is 0 Å². The Balaban J connectivity index is 1.67. The van der Waals surface area contributed by atoms with Crippen LogP contribution in [0.3, 0.4) is 0 Å². The molecule has 1 aromatic rings. The number of hydrogen-bond donors (Lipinski definition) is 1. The molecule has 1 atom stereocenters. The summed E-state index contributed by atoms with van der Waals surface area (Å²) < 4.78 is 7.12. The largest absolute Gasteiger partial charge is 0.380 e. The number of nitrogens with one attached hydrogen (secondary N) is 1. The summed E-state index contributed by atoms with van der Waals surface area (Å²) in [5, 5.41) is 7.79. The summed E-state index contributed by atoms with van der Waals surface area (Å²) in [5.41, 5.74) is 1.15. The van der Waals surface area contributed by atoms with Crippen LogP contribution < -0.4 is 5.32 Å². The molecule has 1 saturated heterocycles. The van der Waals surface area contributed by atoms with E-state index in [1.165, 1.54) is 0 Å². The minimum Gasteiger partial charge on any atom is -0.380 e. The van der Waals surface area contributed by atoms with Gasteiger partial charge in [-0.3, -0.25) is 4.68 Å². The molecule has 0 radical (unpaired) electrons. The fourth-order valence-electron chi connectivity index (χ4n) is 1.70. The molecule has 4 heteroatoms. The standard InChI is InChI=1S/C10H17N3O/c1-13-6-3-9(12-13)2-5-11-10-4-7-14-8-10/h3,6,10-11H,2,4-5,7-8H2,1H3. The number of nitrogens with zero attached hydrogens (tertiary/aromatic N) is 2. The van der Waals surface area contributed by atoms with Crippen LogP contribution in [0.5, 0.6) is 0 Å². The predicted octanol–water partition coefficient (Wildman–Crippen LogP) is 0.341. The third-order valence-electron chi connectivity index (χ3n) is 2.51. The van der Waals surface area contributed by atoms with Gasteiger partial charge in [0.05, 0.1) is 12.3 Å². The van der Waals surface area contributed by atoms with E-state index in [4.69, 9.17) is 4.74 Å². The van der Waals surface area contributed by atoms with Gasteiger partial charge in [-0.05, 0) is 12.5 Å². The summed E-state index contributed by atoms with van der Waals surface area (Å²) in [4.78, 5) is 0. The van der Waals surface area contributed by atoms with E-state index in [9.17, 15) is 0 Å². The van der Waals surface area contributed by atoms with E-state index < -0.39 is 0 Å². The average molecular weight is 195 g/mol. The summed E-state index contributed by atoms with van der Waals surface area (Å²) >= 11 is 0. The van der Waals surface area contributed by atoms with Crippen molar-refractivity contribution in [2.24, 2.45) is 7.05 Å². The number of rotatable bonds is 4. The van der Waals surface area contributed by atoms with Crippen LogP contribution in [-0.4, -0.2) is 35.6 Å². The average Bonchev–Trinajstić information content (AvgIpc) is 2.77. The summed E-state index contributed by atoms with van der Waals surface area (Å²) in [6, 6.07) is 2.62. The van der Waals surface area contributed by atoms with E-state index in [2.05, 4.69) is 16.5 Å². The van der Waals surface area contributed by atoms with Gasteiger partial charge in [-0.15, -0.1) is 0 Å². The highest BCUT2D eigenvalue weighted by atomic mass is 16.5. The lowest BCUT2D eigenvalue weighted by atomic mass is 10.2. The highest BCUT2D eigenvalue weighted by Gasteiger charge is 2.13. The second-order valence-electron chi connectivity index (χ2n) is 3.75. The molecule has 1 N–H and O–H groups in total. The fraction of sp³-hybridized carbons (Fsp3) is 0.700. The Bertz CT molecular complexity index is 279. The first-order chi connectivity index (χ1) is 6.84. The lowest BCUT2D eigenvalue weighted by molar-refractivity contribution is 0.190. The van der Waals surface area contributed by atoms with Crippen molar-refractivity contribution in [1.82, 2.24) is 15.1 Å². The molecule has 14 heavy (non-hydrogen) atoms. The zero-order valence-corrected chi connectivity index (χ0v) is 8.57. The molecule has 78 valence electrons. The first kappa shape index (κ1) is 9.68. The van der Waals surface area contributed by atoms with Crippen molar-refractivity contribution in [1.29, 1.82) is 0 Å². The van der Waals surface area contributed by atoms with Gasteiger partial charge in [0.25, 0.3) is 0 Å². The molecular formula is C10H17N3O. The van der Waals surface area contributed by atoms with Crippen LogP contribution in [0.2, 0.25) is 0 Å². The Morgan fingerprint density at radius 1 is 1.71 bits per heavy atom. The Morgan fingerprint density at radius 2 is 2.64 bits per heavy atom. The zero-order chi connectivity index (χ0) is 9.80. The van der Waals surface area contributed by atoms with Crippen LogP contribution in [0.4, 0.5) is 0 Å². The lowest BCUT2D eigenvalue weighted by Crippen LogP contribution is -2.31. The van der Waals surface area contributed by atoms with E-state index >= 15 is 0 Å². The Hall–Kier alpha value is -0.870. The van der Waals surface area contributed by atoms with Gasteiger partial charge in [-0.1, -0.05) is 0 Å². The van der Waals surface area contributed by atoms with Crippen molar-refractivity contribution in [2.75, 3.05) is 19.8 Å². The molecule has 0 aliphatic carbocycles. The maximum atomic E-state index is 5.28. The van der Waals surface area contributed by atoms with Crippen LogP contribution in [0, 0.1) is 0 Å². The van der Waals surface area contributed by atoms with E-state index in [0.29, 0.717) is 6.04 Å². The third-order valence-corrected chi connectivity index (χ3v) is 2.51. The van der Waals surface area contributed by atoms with Crippen molar-refractivity contribution >= 4 is 0 Å². The maximum absolute atomic E-state index is 5.28. The molecule has 2 heterocycles. The molecule has 0 saturated carbocycles. The summed E-state index contributed by atoms with van der Waals surface area (Å²) in [7, 11) is 1.95. The molecule has 1 aliphatic heterocycles. The molecule has 0 spiro atoms. The van der Waals surface area contributed by atoms with Crippen LogP contribution >= 0.6 is 0 Å². The van der Waals surface area contributed by atoms with Crippen molar-refractivity contribution < 1.29 is 4.74 Å². The maximum Gasteiger partial charge on any atom is 0.0637 e. The minimum atomic E-state index is 0.554. The molecule has 1 fully saturated rings. The fourth-order valence-corrected chi connectivity index (χ4v) is 1.70. The molecule has 1 aromatic heterocycles. The second-order valence-corrected chi connectivity index (χ2v) is 3.75. The third kappa shape index (κ3) is 2.56. The SMILES string of the molecule is Cn1ccc(CCNC2CCOC2)n1.